The van der Waals surface area contributed by atoms with Crippen LogP contribution in [0.3, 0.4) is 0 Å². The molecule has 0 spiro atoms. The summed E-state index contributed by atoms with van der Waals surface area (Å²) in [5, 5.41) is 10.6. The molecule has 4 unspecified atom stereocenters. The van der Waals surface area contributed by atoms with Crippen molar-refractivity contribution in [1.29, 1.82) is 0 Å². The predicted molar refractivity (Wildman–Crippen MR) is 462 cm³/mol. The zero-order valence-electron chi connectivity index (χ0n) is 76.0. The standard InChI is InChI=1S/3C20H32N4O4.C14H20ClN3O3.2C5H10O2.CH4O2S/c3*1-14(2)26-20(25)24-11-7-17(8-12-24)28-19-15(3)18(22-13-23-19)27-16-5-4-9-21-10-6-16;1-9(2)20-14(19)18-6-4-11(5-7-18)21-13-10(3)12(15)16-8-17-13;2*1-5(2,3)7-4-6;1-4(2)3/h3*13-14,16-17,21H,4-12H2,1-3H3;8-9,11H,4-7H2,1-3H3;2*4H,1-3H3;1H3,(H,2,3)/p-1. The molecule has 11 heterocycles. The van der Waals surface area contributed by atoms with Gasteiger partial charge in [0.25, 0.3) is 12.9 Å². The third kappa shape index (κ3) is 42.2. The average molecular weight is 1770 g/mol. The van der Waals surface area contributed by atoms with E-state index in [1.54, 1.807) is 19.6 Å². The Kier molecular flexibility index (Phi) is 47.3. The molecular weight excluding hydrogens is 1630 g/mol. The van der Waals surface area contributed by atoms with Gasteiger partial charge in [-0.1, -0.05) is 22.7 Å². The van der Waals surface area contributed by atoms with Crippen LogP contribution in [0.2, 0.25) is 5.15 Å². The van der Waals surface area contributed by atoms with Gasteiger partial charge in [-0.3, -0.25) is 13.8 Å². The highest BCUT2D eigenvalue weighted by Crippen LogP contribution is 2.33. The second kappa shape index (κ2) is 55.5. The number of piperidine rings is 4. The molecule has 36 nitrogen and oxygen atoms in total. The van der Waals surface area contributed by atoms with Crippen LogP contribution in [0.4, 0.5) is 19.2 Å². The van der Waals surface area contributed by atoms with Crippen molar-refractivity contribution < 1.29 is 99.1 Å². The van der Waals surface area contributed by atoms with Crippen LogP contribution in [-0.2, 0) is 49.1 Å². The fourth-order valence-corrected chi connectivity index (χ4v) is 13.1. The van der Waals surface area contributed by atoms with Crippen molar-refractivity contribution in [3.8, 4) is 41.2 Å². The number of aromatic nitrogens is 8. The van der Waals surface area contributed by atoms with E-state index in [-0.39, 0.29) is 103 Å². The van der Waals surface area contributed by atoms with Crippen LogP contribution in [0.25, 0.3) is 0 Å². The van der Waals surface area contributed by atoms with Gasteiger partial charge in [-0.05, 0) is 228 Å². The van der Waals surface area contributed by atoms with Crippen LogP contribution < -0.4 is 49.1 Å². The van der Waals surface area contributed by atoms with Gasteiger partial charge in [0.05, 0.1) is 41.1 Å². The molecule has 4 aromatic heterocycles. The molecule has 0 aromatic carbocycles. The molecule has 0 saturated carbocycles. The lowest BCUT2D eigenvalue weighted by Gasteiger charge is -2.32. The van der Waals surface area contributed by atoms with E-state index < -0.39 is 11.1 Å². The number of hydrogen-bond acceptors (Lipinski definition) is 32. The number of amides is 4. The van der Waals surface area contributed by atoms with E-state index >= 15 is 0 Å². The number of carbonyl (C=O) groups is 6. The van der Waals surface area contributed by atoms with Crippen LogP contribution in [0.5, 0.6) is 41.2 Å². The van der Waals surface area contributed by atoms with Crippen molar-refractivity contribution in [2.75, 3.05) is 97.9 Å². The maximum absolute atomic E-state index is 12.0. The van der Waals surface area contributed by atoms with Crippen molar-refractivity contribution in [3.05, 3.63) is 52.7 Å². The number of rotatable bonds is 20. The third-order valence-corrected chi connectivity index (χ3v) is 19.8. The number of nitrogens with zero attached hydrogens (tertiary/aromatic N) is 12. The Morgan fingerprint density at radius 3 is 0.756 bits per heavy atom. The Morgan fingerprint density at radius 1 is 0.374 bits per heavy atom. The van der Waals surface area contributed by atoms with E-state index in [4.69, 9.17) is 72.5 Å². The van der Waals surface area contributed by atoms with Gasteiger partial charge in [0.15, 0.2) is 0 Å². The Bertz CT molecular complexity index is 3470. The zero-order chi connectivity index (χ0) is 90.6. The summed E-state index contributed by atoms with van der Waals surface area (Å²) >= 11 is 4.08. The molecule has 123 heavy (non-hydrogen) atoms. The number of ether oxygens (including phenoxy) is 13. The van der Waals surface area contributed by atoms with Crippen molar-refractivity contribution in [2.24, 2.45) is 0 Å². The Labute approximate surface area is 734 Å². The maximum Gasteiger partial charge on any atom is 0.410 e. The Morgan fingerprint density at radius 2 is 0.569 bits per heavy atom. The summed E-state index contributed by atoms with van der Waals surface area (Å²) in [6.07, 6.45) is 21.5. The van der Waals surface area contributed by atoms with Gasteiger partial charge in [-0.25, -0.2) is 59.0 Å². The molecule has 0 radical (unpaired) electrons. The van der Waals surface area contributed by atoms with Gasteiger partial charge in [0.2, 0.25) is 41.2 Å². The highest BCUT2D eigenvalue weighted by molar-refractivity contribution is 7.78. The SMILES string of the molecule is CC(C)(C)OC=O.CC(C)(C)OC=O.CS(=O)[O-].Cc1c(Cl)ncnc1OC1CCN(C(=O)OC(C)C)CC1.Cc1c(OC2CCCNCC2)ncnc1OC1CCN(C(=O)OC(C)C)CC1.Cc1c(OC2CCCNCC2)ncnc1OC1CCN(C(=O)OC(C)C)CC1.Cc1c(OC2CCCNCC2)ncnc1OC1CCN(C(=O)OC(C)C)CC1. The predicted octanol–water partition coefficient (Wildman–Crippen LogP) is 12.3. The zero-order valence-corrected chi connectivity index (χ0v) is 77.5. The number of hydrogen-bond donors (Lipinski definition) is 3. The first-order valence-electron chi connectivity index (χ1n) is 43.2. The molecule has 3 N–H and O–H groups in total. The summed E-state index contributed by atoms with van der Waals surface area (Å²) in [6.45, 7) is 45.3. The summed E-state index contributed by atoms with van der Waals surface area (Å²) in [6, 6.07) is 0. The largest absolute Gasteiger partial charge is 0.773 e. The van der Waals surface area contributed by atoms with E-state index in [1.807, 2.05) is 125 Å². The van der Waals surface area contributed by atoms with E-state index in [0.29, 0.717) is 112 Å². The minimum atomic E-state index is -1.86. The van der Waals surface area contributed by atoms with Crippen molar-refractivity contribution in [2.45, 2.75) is 312 Å². The van der Waals surface area contributed by atoms with Crippen LogP contribution in [0.15, 0.2) is 25.3 Å². The summed E-state index contributed by atoms with van der Waals surface area (Å²) < 4.78 is 90.7. The van der Waals surface area contributed by atoms with E-state index in [0.717, 1.165) is 177 Å². The van der Waals surface area contributed by atoms with Crippen molar-refractivity contribution in [3.63, 3.8) is 0 Å². The maximum atomic E-state index is 12.0. The molecule has 4 amide bonds. The summed E-state index contributed by atoms with van der Waals surface area (Å²) in [5.74, 6) is 4.04. The summed E-state index contributed by atoms with van der Waals surface area (Å²) in [4.78, 5) is 108. The Hall–Kier alpha value is -8.78. The highest BCUT2D eigenvalue weighted by Gasteiger charge is 2.33. The topological polar surface area (TPSA) is 415 Å². The fourth-order valence-electron chi connectivity index (χ4n) is 12.9. The summed E-state index contributed by atoms with van der Waals surface area (Å²) in [5.41, 5.74) is 2.61. The van der Waals surface area contributed by atoms with Crippen LogP contribution >= 0.6 is 11.6 Å². The monoisotopic (exact) mass is 1770 g/mol. The molecule has 7 aliphatic rings. The first-order chi connectivity index (χ1) is 58.4. The van der Waals surface area contributed by atoms with Gasteiger partial charge in [-0.15, -0.1) is 0 Å². The molecular formula is C85H139ClN15O21S-. The molecule has 0 bridgehead atoms. The Balaban J connectivity index is 0.000000273. The lowest BCUT2D eigenvalue weighted by Crippen LogP contribution is -2.42. The minimum absolute atomic E-state index is 0.0200. The van der Waals surface area contributed by atoms with Gasteiger partial charge in [-0.2, -0.15) is 0 Å². The highest BCUT2D eigenvalue weighted by atomic mass is 35.5. The smallest absolute Gasteiger partial charge is 0.410 e. The molecule has 4 atom stereocenters. The number of likely N-dealkylation sites (tertiary alicyclic amines) is 4. The molecule has 0 aliphatic carbocycles. The van der Waals surface area contributed by atoms with Crippen LogP contribution in [-0.4, -0.2) is 282 Å². The quantitative estimate of drug-likeness (QED) is 0.0320. The van der Waals surface area contributed by atoms with E-state index in [1.165, 1.54) is 25.3 Å². The van der Waals surface area contributed by atoms with Gasteiger partial charge in [0, 0.05) is 109 Å². The molecule has 7 aliphatic heterocycles. The van der Waals surface area contributed by atoms with Crippen LogP contribution in [0.1, 0.15) is 228 Å². The summed E-state index contributed by atoms with van der Waals surface area (Å²) in [7, 11) is 0. The lowest BCUT2D eigenvalue weighted by atomic mass is 10.1. The molecule has 694 valence electrons. The number of halogens is 1. The third-order valence-electron chi connectivity index (χ3n) is 19.4. The minimum Gasteiger partial charge on any atom is -0.773 e. The van der Waals surface area contributed by atoms with Crippen LogP contribution in [0, 0.1) is 27.7 Å². The first kappa shape index (κ1) is 105. The van der Waals surface area contributed by atoms with Gasteiger partial charge < -0.3 is 102 Å². The molecule has 38 heteroatoms. The molecule has 7 saturated heterocycles. The second-order valence-electron chi connectivity index (χ2n) is 33.7. The van der Waals surface area contributed by atoms with Gasteiger partial charge >= 0.3 is 24.4 Å². The first-order valence-corrected chi connectivity index (χ1v) is 45.0. The molecule has 4 aromatic rings. The van der Waals surface area contributed by atoms with E-state index in [2.05, 4.69) is 65.3 Å². The number of carbonyl (C=O) groups excluding carboxylic acids is 6. The van der Waals surface area contributed by atoms with Crippen molar-refractivity contribution >= 4 is 60.0 Å². The number of nitrogens with one attached hydrogen (secondary N) is 3. The van der Waals surface area contributed by atoms with Gasteiger partial charge in [0.1, 0.15) is 84.4 Å². The average Bonchev–Trinajstić information content (AvgIpc) is 1.03. The molecule has 11 rings (SSSR count). The van der Waals surface area contributed by atoms with Crippen molar-refractivity contribution in [1.82, 2.24) is 75.4 Å². The molecule has 7 fully saturated rings. The fraction of sp³-hybridized carbons (Fsp3) is 0.741. The van der Waals surface area contributed by atoms with E-state index in [9.17, 15) is 28.8 Å². The lowest BCUT2D eigenvalue weighted by molar-refractivity contribution is -0.139. The normalized spacial score (nSPS) is 19.0. The second-order valence-corrected chi connectivity index (χ2v) is 34.8.